The van der Waals surface area contributed by atoms with Crippen molar-refractivity contribution < 1.29 is 19.4 Å². The SMILES string of the molecule is O=C(O)CCCCCNC(=O)CC1CNCCO1. The van der Waals surface area contributed by atoms with E-state index < -0.39 is 5.97 Å². The molecule has 1 rings (SSSR count). The maximum Gasteiger partial charge on any atom is 0.303 e. The molecule has 0 saturated carbocycles. The maximum absolute atomic E-state index is 11.5. The Labute approximate surface area is 107 Å². The molecule has 0 aliphatic carbocycles. The van der Waals surface area contributed by atoms with Gasteiger partial charge in [-0.1, -0.05) is 6.42 Å². The van der Waals surface area contributed by atoms with Gasteiger partial charge in [-0.05, 0) is 12.8 Å². The van der Waals surface area contributed by atoms with Gasteiger partial charge in [0.15, 0.2) is 0 Å². The van der Waals surface area contributed by atoms with Crippen molar-refractivity contribution >= 4 is 11.9 Å². The Hall–Kier alpha value is -1.14. The van der Waals surface area contributed by atoms with Crippen molar-refractivity contribution in [2.75, 3.05) is 26.2 Å². The van der Waals surface area contributed by atoms with Gasteiger partial charge in [-0.25, -0.2) is 0 Å². The lowest BCUT2D eigenvalue weighted by molar-refractivity contribution is -0.137. The van der Waals surface area contributed by atoms with Gasteiger partial charge in [0.05, 0.1) is 19.1 Å². The number of carbonyl (C=O) groups is 2. The highest BCUT2D eigenvalue weighted by molar-refractivity contribution is 5.76. The second kappa shape index (κ2) is 8.88. The lowest BCUT2D eigenvalue weighted by Crippen LogP contribution is -2.41. The molecule has 1 aliphatic rings. The fourth-order valence-corrected chi connectivity index (χ4v) is 1.84. The molecule has 1 heterocycles. The molecule has 0 aromatic heterocycles. The molecule has 104 valence electrons. The number of nitrogens with one attached hydrogen (secondary N) is 2. The number of hydrogen-bond donors (Lipinski definition) is 3. The van der Waals surface area contributed by atoms with Crippen LogP contribution in [0, 0.1) is 0 Å². The Morgan fingerprint density at radius 2 is 2.17 bits per heavy atom. The molecule has 3 N–H and O–H groups in total. The Morgan fingerprint density at radius 1 is 1.33 bits per heavy atom. The van der Waals surface area contributed by atoms with E-state index in [4.69, 9.17) is 9.84 Å². The lowest BCUT2D eigenvalue weighted by atomic mass is 10.2. The molecule has 6 nitrogen and oxygen atoms in total. The van der Waals surface area contributed by atoms with Crippen LogP contribution < -0.4 is 10.6 Å². The van der Waals surface area contributed by atoms with E-state index in [1.165, 1.54) is 0 Å². The number of morpholine rings is 1. The van der Waals surface area contributed by atoms with E-state index in [0.717, 1.165) is 25.9 Å². The lowest BCUT2D eigenvalue weighted by Gasteiger charge is -2.23. The Morgan fingerprint density at radius 3 is 2.83 bits per heavy atom. The highest BCUT2D eigenvalue weighted by atomic mass is 16.5. The van der Waals surface area contributed by atoms with Gasteiger partial charge in [-0.15, -0.1) is 0 Å². The fraction of sp³-hybridized carbons (Fsp3) is 0.833. The molecule has 1 saturated heterocycles. The van der Waals surface area contributed by atoms with Crippen molar-refractivity contribution in [2.24, 2.45) is 0 Å². The normalized spacial score (nSPS) is 19.4. The first kappa shape index (κ1) is 14.9. The summed E-state index contributed by atoms with van der Waals surface area (Å²) >= 11 is 0. The van der Waals surface area contributed by atoms with Crippen LogP contribution >= 0.6 is 0 Å². The molecule has 0 radical (unpaired) electrons. The predicted molar refractivity (Wildman–Crippen MR) is 66.3 cm³/mol. The minimum Gasteiger partial charge on any atom is -0.481 e. The smallest absolute Gasteiger partial charge is 0.303 e. The standard InChI is InChI=1S/C12H22N2O4/c15-11(8-10-9-13-6-7-18-10)14-5-3-1-2-4-12(16)17/h10,13H,1-9H2,(H,14,15)(H,16,17). The molecule has 1 unspecified atom stereocenters. The molecule has 6 heteroatoms. The fourth-order valence-electron chi connectivity index (χ4n) is 1.84. The summed E-state index contributed by atoms with van der Waals surface area (Å²) in [6.07, 6.45) is 2.89. The summed E-state index contributed by atoms with van der Waals surface area (Å²) in [6.45, 7) is 2.85. The van der Waals surface area contributed by atoms with Gasteiger partial charge in [0, 0.05) is 26.1 Å². The molecule has 1 atom stereocenters. The van der Waals surface area contributed by atoms with E-state index >= 15 is 0 Å². The zero-order valence-electron chi connectivity index (χ0n) is 10.6. The first-order valence-electron chi connectivity index (χ1n) is 6.49. The molecule has 1 fully saturated rings. The quantitative estimate of drug-likeness (QED) is 0.538. The summed E-state index contributed by atoms with van der Waals surface area (Å²) < 4.78 is 5.43. The van der Waals surface area contributed by atoms with Crippen molar-refractivity contribution in [3.8, 4) is 0 Å². The molecular formula is C12H22N2O4. The van der Waals surface area contributed by atoms with Crippen LogP contribution in [0.4, 0.5) is 0 Å². The van der Waals surface area contributed by atoms with Crippen molar-refractivity contribution in [2.45, 2.75) is 38.2 Å². The molecule has 0 aromatic carbocycles. The van der Waals surface area contributed by atoms with Gasteiger partial charge < -0.3 is 20.5 Å². The molecule has 18 heavy (non-hydrogen) atoms. The monoisotopic (exact) mass is 258 g/mol. The van der Waals surface area contributed by atoms with Gasteiger partial charge >= 0.3 is 5.97 Å². The third-order valence-corrected chi connectivity index (χ3v) is 2.81. The van der Waals surface area contributed by atoms with Crippen LogP contribution in [0.2, 0.25) is 0 Å². The van der Waals surface area contributed by atoms with Crippen LogP contribution in [0.3, 0.4) is 0 Å². The van der Waals surface area contributed by atoms with Gasteiger partial charge in [0.2, 0.25) is 5.91 Å². The topological polar surface area (TPSA) is 87.7 Å². The number of hydrogen-bond acceptors (Lipinski definition) is 4. The minimum absolute atomic E-state index is 0.00179. The largest absolute Gasteiger partial charge is 0.481 e. The molecule has 0 bridgehead atoms. The Balaban J connectivity index is 1.94. The molecule has 0 aromatic rings. The Bertz CT molecular complexity index is 265. The van der Waals surface area contributed by atoms with Crippen LogP contribution in [-0.4, -0.2) is 49.3 Å². The average molecular weight is 258 g/mol. The molecular weight excluding hydrogens is 236 g/mol. The third kappa shape index (κ3) is 7.24. The number of unbranched alkanes of at least 4 members (excludes halogenated alkanes) is 2. The van der Waals surface area contributed by atoms with Crippen molar-refractivity contribution in [1.29, 1.82) is 0 Å². The number of aliphatic carboxylic acids is 1. The first-order chi connectivity index (χ1) is 8.68. The van der Waals surface area contributed by atoms with Crippen molar-refractivity contribution in [3.63, 3.8) is 0 Å². The Kier molecular flexibility index (Phi) is 7.36. The first-order valence-corrected chi connectivity index (χ1v) is 6.49. The van der Waals surface area contributed by atoms with E-state index in [0.29, 0.717) is 26.0 Å². The summed E-state index contributed by atoms with van der Waals surface area (Å²) in [4.78, 5) is 21.8. The second-order valence-corrected chi connectivity index (χ2v) is 4.46. The van der Waals surface area contributed by atoms with Crippen molar-refractivity contribution in [1.82, 2.24) is 10.6 Å². The number of carbonyl (C=O) groups excluding carboxylic acids is 1. The van der Waals surface area contributed by atoms with E-state index in [1.807, 2.05) is 0 Å². The van der Waals surface area contributed by atoms with Crippen LogP contribution in [0.5, 0.6) is 0 Å². The molecule has 1 aliphatic heterocycles. The maximum atomic E-state index is 11.5. The van der Waals surface area contributed by atoms with E-state index in [-0.39, 0.29) is 18.4 Å². The van der Waals surface area contributed by atoms with Crippen molar-refractivity contribution in [3.05, 3.63) is 0 Å². The average Bonchev–Trinajstić information content (AvgIpc) is 2.34. The number of carboxylic acid groups (broad SMARTS) is 1. The number of rotatable bonds is 8. The summed E-state index contributed by atoms with van der Waals surface area (Å²) in [5.41, 5.74) is 0. The summed E-state index contributed by atoms with van der Waals surface area (Å²) in [5.74, 6) is -0.761. The van der Waals surface area contributed by atoms with Crippen LogP contribution in [0.1, 0.15) is 32.1 Å². The van der Waals surface area contributed by atoms with Crippen LogP contribution in [0.15, 0.2) is 0 Å². The summed E-state index contributed by atoms with van der Waals surface area (Å²) in [6, 6.07) is 0. The van der Waals surface area contributed by atoms with Crippen LogP contribution in [-0.2, 0) is 14.3 Å². The van der Waals surface area contributed by atoms with Crippen LogP contribution in [0.25, 0.3) is 0 Å². The number of carboxylic acids is 1. The zero-order chi connectivity index (χ0) is 13.2. The summed E-state index contributed by atoms with van der Waals surface area (Å²) in [7, 11) is 0. The molecule has 1 amide bonds. The van der Waals surface area contributed by atoms with E-state index in [1.54, 1.807) is 0 Å². The zero-order valence-corrected chi connectivity index (χ0v) is 10.6. The second-order valence-electron chi connectivity index (χ2n) is 4.46. The third-order valence-electron chi connectivity index (χ3n) is 2.81. The van der Waals surface area contributed by atoms with Gasteiger partial charge in [0.1, 0.15) is 0 Å². The highest BCUT2D eigenvalue weighted by Gasteiger charge is 2.16. The van der Waals surface area contributed by atoms with Gasteiger partial charge in [-0.2, -0.15) is 0 Å². The number of ether oxygens (including phenoxy) is 1. The minimum atomic E-state index is -0.763. The predicted octanol–water partition coefficient (Wildman–Crippen LogP) is 0.126. The van der Waals surface area contributed by atoms with E-state index in [9.17, 15) is 9.59 Å². The summed E-state index contributed by atoms with van der Waals surface area (Å²) in [5, 5.41) is 14.4. The van der Waals surface area contributed by atoms with Gasteiger partial charge in [0.25, 0.3) is 0 Å². The number of amides is 1. The highest BCUT2D eigenvalue weighted by Crippen LogP contribution is 2.02. The molecule has 0 spiro atoms. The van der Waals surface area contributed by atoms with Gasteiger partial charge in [-0.3, -0.25) is 9.59 Å². The van der Waals surface area contributed by atoms with E-state index in [2.05, 4.69) is 10.6 Å².